The van der Waals surface area contributed by atoms with Crippen molar-refractivity contribution >= 4 is 23.4 Å². The van der Waals surface area contributed by atoms with Crippen molar-refractivity contribution in [3.05, 3.63) is 6.07 Å². The molecule has 0 spiro atoms. The second-order valence-electron chi connectivity index (χ2n) is 4.21. The predicted octanol–water partition coefficient (Wildman–Crippen LogP) is 3.26. The summed E-state index contributed by atoms with van der Waals surface area (Å²) in [5, 5.41) is 4.08. The standard InChI is InChI=1S/C13H24N4S/c1-6-10(7-2)17(4)12-9-11(14-8-3)15-13(16-12)18-5/h9-10H,6-8H2,1-5H3,(H,14,15,16). The maximum absolute atomic E-state index is 4.59. The van der Waals surface area contributed by atoms with Crippen LogP contribution in [0.3, 0.4) is 0 Å². The summed E-state index contributed by atoms with van der Waals surface area (Å²) in [6.45, 7) is 7.38. The molecule has 1 rings (SSSR count). The van der Waals surface area contributed by atoms with Crippen LogP contribution in [0.1, 0.15) is 33.6 Å². The minimum atomic E-state index is 0.532. The molecular formula is C13H24N4S. The number of nitrogens with zero attached hydrogens (tertiary/aromatic N) is 3. The van der Waals surface area contributed by atoms with Gasteiger partial charge in [0.2, 0.25) is 0 Å². The average Bonchev–Trinajstić information content (AvgIpc) is 2.40. The third-order valence-corrected chi connectivity index (χ3v) is 3.63. The summed E-state index contributed by atoms with van der Waals surface area (Å²) in [5.41, 5.74) is 0. The van der Waals surface area contributed by atoms with Gasteiger partial charge in [0, 0.05) is 25.7 Å². The molecule has 102 valence electrons. The van der Waals surface area contributed by atoms with E-state index in [0.717, 1.165) is 36.2 Å². The number of nitrogens with one attached hydrogen (secondary N) is 1. The van der Waals surface area contributed by atoms with E-state index in [9.17, 15) is 0 Å². The third kappa shape index (κ3) is 3.77. The summed E-state index contributed by atoms with van der Waals surface area (Å²) in [6, 6.07) is 2.56. The Kier molecular flexibility index (Phi) is 6.25. The van der Waals surface area contributed by atoms with Gasteiger partial charge in [0.15, 0.2) is 5.16 Å². The van der Waals surface area contributed by atoms with Crippen LogP contribution < -0.4 is 10.2 Å². The van der Waals surface area contributed by atoms with Gasteiger partial charge in [0.05, 0.1) is 0 Å². The Balaban J connectivity index is 3.02. The van der Waals surface area contributed by atoms with E-state index in [-0.39, 0.29) is 0 Å². The van der Waals surface area contributed by atoms with Crippen LogP contribution in [0.4, 0.5) is 11.6 Å². The fraction of sp³-hybridized carbons (Fsp3) is 0.692. The van der Waals surface area contributed by atoms with Crippen molar-refractivity contribution in [2.24, 2.45) is 0 Å². The Morgan fingerprint density at radius 3 is 2.44 bits per heavy atom. The van der Waals surface area contributed by atoms with Crippen LogP contribution in [0, 0.1) is 0 Å². The van der Waals surface area contributed by atoms with Crippen molar-refractivity contribution in [2.75, 3.05) is 30.1 Å². The van der Waals surface area contributed by atoms with Crippen molar-refractivity contribution in [1.29, 1.82) is 0 Å². The molecule has 1 N–H and O–H groups in total. The van der Waals surface area contributed by atoms with Gasteiger partial charge in [-0.1, -0.05) is 25.6 Å². The number of hydrogen-bond donors (Lipinski definition) is 1. The highest BCUT2D eigenvalue weighted by Gasteiger charge is 2.14. The molecule has 0 aliphatic carbocycles. The van der Waals surface area contributed by atoms with E-state index in [0.29, 0.717) is 6.04 Å². The summed E-state index contributed by atoms with van der Waals surface area (Å²) in [5.74, 6) is 1.91. The molecule has 0 saturated carbocycles. The molecule has 1 aromatic heterocycles. The molecule has 0 aliphatic heterocycles. The molecule has 4 nitrogen and oxygen atoms in total. The summed E-state index contributed by atoms with van der Waals surface area (Å²) in [6.07, 6.45) is 4.26. The predicted molar refractivity (Wildman–Crippen MR) is 80.7 cm³/mol. The van der Waals surface area contributed by atoms with Crippen molar-refractivity contribution in [2.45, 2.75) is 44.8 Å². The molecule has 0 radical (unpaired) electrons. The highest BCUT2D eigenvalue weighted by Crippen LogP contribution is 2.22. The first kappa shape index (κ1) is 15.1. The number of thioether (sulfide) groups is 1. The van der Waals surface area contributed by atoms with Gasteiger partial charge >= 0.3 is 0 Å². The molecule has 0 fully saturated rings. The molecule has 5 heteroatoms. The molecule has 0 saturated heterocycles. The number of hydrogen-bond acceptors (Lipinski definition) is 5. The Morgan fingerprint density at radius 2 is 1.94 bits per heavy atom. The first-order valence-electron chi connectivity index (χ1n) is 6.55. The highest BCUT2D eigenvalue weighted by molar-refractivity contribution is 7.98. The Morgan fingerprint density at radius 1 is 1.28 bits per heavy atom. The fourth-order valence-corrected chi connectivity index (χ4v) is 2.35. The Labute approximate surface area is 115 Å². The Hall–Kier alpha value is -0.970. The van der Waals surface area contributed by atoms with Gasteiger partial charge in [-0.3, -0.25) is 0 Å². The third-order valence-electron chi connectivity index (χ3n) is 3.08. The largest absolute Gasteiger partial charge is 0.370 e. The van der Waals surface area contributed by atoms with Gasteiger partial charge < -0.3 is 10.2 Å². The molecule has 0 amide bonds. The lowest BCUT2D eigenvalue weighted by Crippen LogP contribution is -2.31. The Bertz CT molecular complexity index is 366. The van der Waals surface area contributed by atoms with Gasteiger partial charge in [0.1, 0.15) is 11.6 Å². The zero-order valence-corrected chi connectivity index (χ0v) is 12.8. The van der Waals surface area contributed by atoms with E-state index in [1.54, 1.807) is 11.8 Å². The molecule has 1 aromatic rings. The second-order valence-corrected chi connectivity index (χ2v) is 4.98. The van der Waals surface area contributed by atoms with Gasteiger partial charge in [-0.2, -0.15) is 0 Å². The van der Waals surface area contributed by atoms with E-state index < -0.39 is 0 Å². The van der Waals surface area contributed by atoms with Crippen LogP contribution in [0.15, 0.2) is 11.2 Å². The minimum Gasteiger partial charge on any atom is -0.370 e. The molecule has 0 unspecified atom stereocenters. The van der Waals surface area contributed by atoms with Crippen molar-refractivity contribution in [1.82, 2.24) is 9.97 Å². The molecule has 0 aliphatic rings. The molecule has 0 aromatic carbocycles. The van der Waals surface area contributed by atoms with Crippen LogP contribution in [0.25, 0.3) is 0 Å². The fourth-order valence-electron chi connectivity index (χ4n) is 1.98. The molecule has 0 atom stereocenters. The zero-order chi connectivity index (χ0) is 13.5. The van der Waals surface area contributed by atoms with E-state index in [1.807, 2.05) is 12.3 Å². The summed E-state index contributed by atoms with van der Waals surface area (Å²) >= 11 is 1.58. The van der Waals surface area contributed by atoms with Crippen molar-refractivity contribution in [3.63, 3.8) is 0 Å². The maximum atomic E-state index is 4.59. The van der Waals surface area contributed by atoms with E-state index >= 15 is 0 Å². The lowest BCUT2D eigenvalue weighted by atomic mass is 10.1. The lowest BCUT2D eigenvalue weighted by Gasteiger charge is -2.27. The first-order valence-corrected chi connectivity index (χ1v) is 7.78. The van der Waals surface area contributed by atoms with Crippen LogP contribution >= 0.6 is 11.8 Å². The second kappa shape index (κ2) is 7.46. The van der Waals surface area contributed by atoms with Crippen molar-refractivity contribution < 1.29 is 0 Å². The maximum Gasteiger partial charge on any atom is 0.191 e. The topological polar surface area (TPSA) is 41.0 Å². The van der Waals surface area contributed by atoms with Crippen LogP contribution in [0.2, 0.25) is 0 Å². The molecular weight excluding hydrogens is 244 g/mol. The number of anilines is 2. The SMILES string of the molecule is CCNc1cc(N(C)C(CC)CC)nc(SC)n1. The number of rotatable bonds is 7. The quantitative estimate of drug-likeness (QED) is 0.607. The summed E-state index contributed by atoms with van der Waals surface area (Å²) in [7, 11) is 2.11. The van der Waals surface area contributed by atoms with E-state index in [4.69, 9.17) is 0 Å². The summed E-state index contributed by atoms with van der Waals surface area (Å²) < 4.78 is 0. The van der Waals surface area contributed by atoms with Gasteiger partial charge in [-0.05, 0) is 26.0 Å². The van der Waals surface area contributed by atoms with E-state index in [2.05, 4.69) is 48.0 Å². The molecule has 0 bridgehead atoms. The van der Waals surface area contributed by atoms with Gasteiger partial charge in [-0.15, -0.1) is 0 Å². The first-order chi connectivity index (χ1) is 8.65. The molecule has 18 heavy (non-hydrogen) atoms. The molecule has 1 heterocycles. The summed E-state index contributed by atoms with van der Waals surface area (Å²) in [4.78, 5) is 11.3. The van der Waals surface area contributed by atoms with Crippen LogP contribution in [-0.4, -0.2) is 35.9 Å². The minimum absolute atomic E-state index is 0.532. The zero-order valence-electron chi connectivity index (χ0n) is 12.0. The van der Waals surface area contributed by atoms with Crippen LogP contribution in [-0.2, 0) is 0 Å². The number of aromatic nitrogens is 2. The van der Waals surface area contributed by atoms with E-state index in [1.165, 1.54) is 0 Å². The lowest BCUT2D eigenvalue weighted by molar-refractivity contribution is 0.584. The smallest absolute Gasteiger partial charge is 0.191 e. The average molecular weight is 268 g/mol. The van der Waals surface area contributed by atoms with Crippen molar-refractivity contribution in [3.8, 4) is 0 Å². The monoisotopic (exact) mass is 268 g/mol. The normalized spacial score (nSPS) is 10.8. The van der Waals surface area contributed by atoms with Gasteiger partial charge in [-0.25, -0.2) is 9.97 Å². The highest BCUT2D eigenvalue weighted by atomic mass is 32.2. The van der Waals surface area contributed by atoms with Gasteiger partial charge in [0.25, 0.3) is 0 Å². The van der Waals surface area contributed by atoms with Crippen LogP contribution in [0.5, 0.6) is 0 Å².